The second-order valence-corrected chi connectivity index (χ2v) is 9.21. The van der Waals surface area contributed by atoms with Gasteiger partial charge in [0.25, 0.3) is 10.0 Å². The number of rotatable bonds is 4. The van der Waals surface area contributed by atoms with Crippen LogP contribution in [0, 0.1) is 6.92 Å². The Morgan fingerprint density at radius 1 is 1.11 bits per heavy atom. The number of carboxylic acids is 1. The normalized spacial score (nSPS) is 11.8. The Bertz CT molecular complexity index is 1320. The van der Waals surface area contributed by atoms with E-state index in [1.165, 1.54) is 24.4 Å². The summed E-state index contributed by atoms with van der Waals surface area (Å²) in [6.07, 6.45) is 1.39. The van der Waals surface area contributed by atoms with Crippen molar-refractivity contribution in [1.82, 2.24) is 13.9 Å². The van der Waals surface area contributed by atoms with Gasteiger partial charge in [-0.2, -0.15) is 4.98 Å². The zero-order valence-corrected chi connectivity index (χ0v) is 16.7. The number of carboxylic acid groups (broad SMARTS) is 1. The van der Waals surface area contributed by atoms with E-state index in [0.29, 0.717) is 16.0 Å². The lowest BCUT2D eigenvalue weighted by molar-refractivity contribution is 0.0702. The molecule has 0 spiro atoms. The summed E-state index contributed by atoms with van der Waals surface area (Å²) in [5.41, 5.74) is 1.45. The van der Waals surface area contributed by atoms with Gasteiger partial charge in [0.15, 0.2) is 5.65 Å². The lowest BCUT2D eigenvalue weighted by Crippen LogP contribution is -2.12. The average molecular weight is 434 g/mol. The number of thiophene rings is 1. The van der Waals surface area contributed by atoms with E-state index in [1.54, 1.807) is 24.3 Å². The Balaban J connectivity index is 1.92. The van der Waals surface area contributed by atoms with Crippen LogP contribution < -0.4 is 0 Å². The molecule has 0 bridgehead atoms. The van der Waals surface area contributed by atoms with Crippen LogP contribution in [0.1, 0.15) is 15.2 Å². The van der Waals surface area contributed by atoms with Gasteiger partial charge in [-0.25, -0.2) is 22.2 Å². The second-order valence-electron chi connectivity index (χ2n) is 5.98. The largest absolute Gasteiger partial charge is 0.477 e. The maximum Gasteiger partial charge on any atom is 0.345 e. The quantitative estimate of drug-likeness (QED) is 0.487. The van der Waals surface area contributed by atoms with Crippen LogP contribution in [-0.4, -0.2) is 33.4 Å². The van der Waals surface area contributed by atoms with Crippen molar-refractivity contribution in [1.29, 1.82) is 0 Å². The molecule has 3 aromatic heterocycles. The molecule has 0 aliphatic rings. The van der Waals surface area contributed by atoms with Gasteiger partial charge in [-0.15, -0.1) is 11.3 Å². The zero-order valence-electron chi connectivity index (χ0n) is 14.3. The van der Waals surface area contributed by atoms with E-state index in [9.17, 15) is 13.2 Å². The van der Waals surface area contributed by atoms with Gasteiger partial charge in [-0.1, -0.05) is 17.7 Å². The molecule has 1 aromatic carbocycles. The fourth-order valence-electron chi connectivity index (χ4n) is 2.75. The van der Waals surface area contributed by atoms with E-state index in [2.05, 4.69) is 9.97 Å². The molecule has 0 atom stereocenters. The molecule has 0 radical (unpaired) electrons. The molecule has 4 aromatic rings. The van der Waals surface area contributed by atoms with E-state index in [0.717, 1.165) is 20.9 Å². The third-order valence-electron chi connectivity index (χ3n) is 4.11. The Hall–Kier alpha value is -2.75. The first-order valence-electron chi connectivity index (χ1n) is 7.98. The van der Waals surface area contributed by atoms with Crippen molar-refractivity contribution in [3.63, 3.8) is 0 Å². The Kier molecular flexibility index (Phi) is 4.45. The summed E-state index contributed by atoms with van der Waals surface area (Å²) < 4.78 is 27.2. The number of nitrogens with zero attached hydrogens (tertiary/aromatic N) is 3. The molecule has 10 heteroatoms. The van der Waals surface area contributed by atoms with Crippen molar-refractivity contribution < 1.29 is 18.3 Å². The lowest BCUT2D eigenvalue weighted by Gasteiger charge is -2.08. The van der Waals surface area contributed by atoms with Gasteiger partial charge in [0.2, 0.25) is 5.28 Å². The van der Waals surface area contributed by atoms with Gasteiger partial charge in [0, 0.05) is 11.6 Å². The molecule has 0 amide bonds. The second kappa shape index (κ2) is 6.69. The number of carbonyl (C=O) groups is 1. The standard InChI is InChI=1S/C18H12ClN3O4S2/c1-10-2-4-11(5-3-10)28(25,26)22-9-8-12-15(20-18(19)21-16(12)22)13-6-7-14(27-13)17(23)24/h2-9H,1H3,(H,23,24). The number of hydrogen-bond donors (Lipinski definition) is 1. The van der Waals surface area contributed by atoms with E-state index in [1.807, 2.05) is 6.92 Å². The summed E-state index contributed by atoms with van der Waals surface area (Å²) in [6, 6.07) is 11.1. The number of benzene rings is 1. The molecule has 0 saturated carbocycles. The van der Waals surface area contributed by atoms with Crippen LogP contribution in [0.2, 0.25) is 5.28 Å². The predicted octanol–water partition coefficient (Wildman–Crippen LogP) is 4.06. The molecular formula is C18H12ClN3O4S2. The minimum atomic E-state index is -3.89. The van der Waals surface area contributed by atoms with Crippen molar-refractivity contribution in [2.45, 2.75) is 11.8 Å². The summed E-state index contributed by atoms with van der Waals surface area (Å²) in [7, 11) is -3.89. The topological polar surface area (TPSA) is 102 Å². The highest BCUT2D eigenvalue weighted by Crippen LogP contribution is 2.34. The monoisotopic (exact) mass is 433 g/mol. The predicted molar refractivity (Wildman–Crippen MR) is 107 cm³/mol. The first-order valence-corrected chi connectivity index (χ1v) is 10.6. The number of aromatic nitrogens is 3. The lowest BCUT2D eigenvalue weighted by atomic mass is 10.2. The van der Waals surface area contributed by atoms with Crippen LogP contribution in [-0.2, 0) is 10.0 Å². The maximum absolute atomic E-state index is 13.1. The fraction of sp³-hybridized carbons (Fsp3) is 0.0556. The number of hydrogen-bond acceptors (Lipinski definition) is 6. The van der Waals surface area contributed by atoms with Gasteiger partial charge >= 0.3 is 5.97 Å². The van der Waals surface area contributed by atoms with Crippen LogP contribution in [0.5, 0.6) is 0 Å². The van der Waals surface area contributed by atoms with Gasteiger partial charge in [0.1, 0.15) is 4.88 Å². The summed E-state index contributed by atoms with van der Waals surface area (Å²) in [4.78, 5) is 20.3. The molecule has 0 unspecified atom stereocenters. The molecule has 3 heterocycles. The minimum Gasteiger partial charge on any atom is -0.477 e. The number of aromatic carboxylic acids is 1. The van der Waals surface area contributed by atoms with Gasteiger partial charge in [-0.05, 0) is 48.9 Å². The van der Waals surface area contributed by atoms with Crippen molar-refractivity contribution in [2.24, 2.45) is 0 Å². The third-order valence-corrected chi connectivity index (χ3v) is 7.04. The number of fused-ring (bicyclic) bond motifs is 1. The van der Waals surface area contributed by atoms with E-state index >= 15 is 0 Å². The number of aryl methyl sites for hydroxylation is 1. The molecule has 28 heavy (non-hydrogen) atoms. The molecule has 0 saturated heterocycles. The summed E-state index contributed by atoms with van der Waals surface area (Å²) in [5, 5.41) is 9.46. The fourth-order valence-corrected chi connectivity index (χ4v) is 5.06. The van der Waals surface area contributed by atoms with Gasteiger partial charge in [0.05, 0.1) is 15.5 Å². The summed E-state index contributed by atoms with van der Waals surface area (Å²) in [6.45, 7) is 1.87. The van der Waals surface area contributed by atoms with Crippen LogP contribution >= 0.6 is 22.9 Å². The highest BCUT2D eigenvalue weighted by molar-refractivity contribution is 7.90. The van der Waals surface area contributed by atoms with Crippen molar-refractivity contribution in [2.75, 3.05) is 0 Å². The van der Waals surface area contributed by atoms with Crippen molar-refractivity contribution >= 4 is 50.0 Å². The van der Waals surface area contributed by atoms with Gasteiger partial charge < -0.3 is 5.11 Å². The summed E-state index contributed by atoms with van der Waals surface area (Å²) in [5.74, 6) is -1.05. The van der Waals surface area contributed by atoms with E-state index in [4.69, 9.17) is 16.7 Å². The number of halogens is 1. The van der Waals surface area contributed by atoms with Gasteiger partial charge in [-0.3, -0.25) is 0 Å². The molecule has 142 valence electrons. The highest BCUT2D eigenvalue weighted by atomic mass is 35.5. The van der Waals surface area contributed by atoms with Crippen molar-refractivity contribution in [3.05, 3.63) is 64.4 Å². The zero-order chi connectivity index (χ0) is 20.1. The Labute approximate surface area is 168 Å². The Morgan fingerprint density at radius 2 is 1.82 bits per heavy atom. The minimum absolute atomic E-state index is 0.121. The molecule has 0 aliphatic carbocycles. The molecule has 1 N–H and O–H groups in total. The molecule has 0 fully saturated rings. The smallest absolute Gasteiger partial charge is 0.345 e. The molecule has 0 aliphatic heterocycles. The third kappa shape index (κ3) is 3.07. The first-order chi connectivity index (χ1) is 13.3. The van der Waals surface area contributed by atoms with Crippen LogP contribution in [0.4, 0.5) is 0 Å². The van der Waals surface area contributed by atoms with Crippen LogP contribution in [0.15, 0.2) is 53.6 Å². The highest BCUT2D eigenvalue weighted by Gasteiger charge is 2.23. The molecule has 7 nitrogen and oxygen atoms in total. The SMILES string of the molecule is Cc1ccc(S(=O)(=O)n2ccc3c(-c4ccc(C(=O)O)s4)nc(Cl)nc32)cc1. The average Bonchev–Trinajstić information content (AvgIpc) is 3.29. The summed E-state index contributed by atoms with van der Waals surface area (Å²) >= 11 is 7.07. The van der Waals surface area contributed by atoms with E-state index in [-0.39, 0.29) is 20.7 Å². The molecular weight excluding hydrogens is 422 g/mol. The first kappa shape index (κ1) is 18.6. The van der Waals surface area contributed by atoms with Crippen LogP contribution in [0.3, 0.4) is 0 Å². The molecule has 4 rings (SSSR count). The Morgan fingerprint density at radius 3 is 2.46 bits per heavy atom. The van der Waals surface area contributed by atoms with Crippen LogP contribution in [0.25, 0.3) is 21.6 Å². The van der Waals surface area contributed by atoms with Crippen molar-refractivity contribution in [3.8, 4) is 10.6 Å². The maximum atomic E-state index is 13.1. The van der Waals surface area contributed by atoms with E-state index < -0.39 is 16.0 Å².